The molecule has 2 N–H and O–H groups in total. The van der Waals surface area contributed by atoms with Crippen LogP contribution < -0.4 is 10.1 Å². The van der Waals surface area contributed by atoms with Crippen LogP contribution in [0.25, 0.3) is 10.4 Å². The Bertz CT molecular complexity index is 1090. The maximum Gasteiger partial charge on any atom is 0.168 e. The van der Waals surface area contributed by atoms with Crippen LogP contribution in [0.15, 0.2) is 60.7 Å². The summed E-state index contributed by atoms with van der Waals surface area (Å²) in [7, 11) is 0. The van der Waals surface area contributed by atoms with E-state index in [1.807, 2.05) is 49.4 Å². The van der Waals surface area contributed by atoms with Gasteiger partial charge >= 0.3 is 0 Å². The van der Waals surface area contributed by atoms with Crippen LogP contribution in [0.5, 0.6) is 5.75 Å². The van der Waals surface area contributed by atoms with Crippen molar-refractivity contribution in [3.8, 4) is 16.2 Å². The molecule has 0 amide bonds. The molecule has 166 valence electrons. The Morgan fingerprint density at radius 1 is 1.06 bits per heavy atom. The van der Waals surface area contributed by atoms with Gasteiger partial charge in [-0.25, -0.2) is 0 Å². The number of thiophene rings is 1. The molecule has 1 heterocycles. The second kappa shape index (κ2) is 9.18. The molecule has 1 fully saturated rings. The minimum atomic E-state index is -0.574. The largest absolute Gasteiger partial charge is 0.487 e. The minimum absolute atomic E-state index is 0.0377. The number of aliphatic hydroxyl groups is 1. The molecule has 2 aliphatic carbocycles. The second-order valence-electron chi connectivity index (χ2n) is 8.92. The highest BCUT2D eigenvalue weighted by atomic mass is 32.1. The Hall–Kier alpha value is -2.47. The zero-order valence-corrected chi connectivity index (χ0v) is 19.1. The Labute approximate surface area is 193 Å². The fourth-order valence-corrected chi connectivity index (χ4v) is 6.05. The summed E-state index contributed by atoms with van der Waals surface area (Å²) in [5.74, 6) is 1.03. The highest BCUT2D eigenvalue weighted by Crippen LogP contribution is 2.37. The lowest BCUT2D eigenvalue weighted by Gasteiger charge is -2.26. The number of nitrogens with one attached hydrogen (secondary N) is 1. The van der Waals surface area contributed by atoms with Crippen LogP contribution in [0.3, 0.4) is 0 Å². The van der Waals surface area contributed by atoms with Crippen molar-refractivity contribution >= 4 is 17.1 Å². The number of benzene rings is 2. The van der Waals surface area contributed by atoms with Gasteiger partial charge in [0.1, 0.15) is 18.0 Å². The number of hydrogen-bond donors (Lipinski definition) is 2. The standard InChI is InChI=1S/C27H29NO3S/c1-17-7-5-6-10-22(17)31-23-13-12-21(27(23)30)28-16-19-11-14-24-20(26(19)29)15-25(32-24)18-8-3-2-4-9-18/h2-10,15,19,21,23,27-28,30H,11-14,16H2,1H3. The summed E-state index contributed by atoms with van der Waals surface area (Å²) < 4.78 is 6.10. The maximum absolute atomic E-state index is 13.2. The van der Waals surface area contributed by atoms with Crippen LogP contribution in [0.2, 0.25) is 0 Å². The smallest absolute Gasteiger partial charge is 0.168 e. The zero-order chi connectivity index (χ0) is 22.1. The number of ether oxygens (including phenoxy) is 1. The second-order valence-corrected chi connectivity index (χ2v) is 10.1. The summed E-state index contributed by atoms with van der Waals surface area (Å²) >= 11 is 1.74. The number of hydrogen-bond acceptors (Lipinski definition) is 5. The predicted octanol–water partition coefficient (Wildman–Crippen LogP) is 5.03. The van der Waals surface area contributed by atoms with E-state index in [1.54, 1.807) is 11.3 Å². The molecule has 4 atom stereocenters. The fourth-order valence-electron chi connectivity index (χ4n) is 4.86. The fraction of sp³-hybridized carbons (Fsp3) is 0.370. The zero-order valence-electron chi connectivity index (χ0n) is 18.3. The number of Topliss-reactive ketones (excluding diaryl/α,β-unsaturated/α-hetero) is 1. The molecule has 5 rings (SSSR count). The molecule has 5 heteroatoms. The van der Waals surface area contributed by atoms with Crippen molar-refractivity contribution in [2.24, 2.45) is 5.92 Å². The number of aliphatic hydroxyl groups excluding tert-OH is 1. The van der Waals surface area contributed by atoms with Crippen LogP contribution in [0.4, 0.5) is 0 Å². The first-order valence-electron chi connectivity index (χ1n) is 11.5. The van der Waals surface area contributed by atoms with E-state index in [1.165, 1.54) is 15.3 Å². The summed E-state index contributed by atoms with van der Waals surface area (Å²) in [6.45, 7) is 2.62. The van der Waals surface area contributed by atoms with E-state index >= 15 is 0 Å². The Balaban J connectivity index is 1.20. The topological polar surface area (TPSA) is 58.6 Å². The minimum Gasteiger partial charge on any atom is -0.487 e. The molecule has 4 nitrogen and oxygen atoms in total. The summed E-state index contributed by atoms with van der Waals surface area (Å²) in [6, 6.07) is 20.2. The van der Waals surface area contributed by atoms with Crippen molar-refractivity contribution in [3.05, 3.63) is 76.7 Å². The van der Waals surface area contributed by atoms with Gasteiger partial charge < -0.3 is 15.2 Å². The SMILES string of the molecule is Cc1ccccc1OC1CCC(NCC2CCc3sc(-c4ccccc4)cc3C2=O)C1O. The number of rotatable bonds is 6. The summed E-state index contributed by atoms with van der Waals surface area (Å²) in [4.78, 5) is 15.5. The molecule has 0 saturated heterocycles. The Morgan fingerprint density at radius 2 is 1.84 bits per heavy atom. The molecular weight excluding hydrogens is 418 g/mol. The quantitative estimate of drug-likeness (QED) is 0.557. The number of fused-ring (bicyclic) bond motifs is 1. The van der Waals surface area contributed by atoms with Gasteiger partial charge in [0.2, 0.25) is 0 Å². The average Bonchev–Trinajstić information content (AvgIpc) is 3.40. The molecule has 1 saturated carbocycles. The molecule has 2 aromatic carbocycles. The van der Waals surface area contributed by atoms with Gasteiger partial charge in [-0.05, 0) is 55.9 Å². The molecule has 0 bridgehead atoms. The van der Waals surface area contributed by atoms with Gasteiger partial charge in [0.05, 0.1) is 0 Å². The van der Waals surface area contributed by atoms with Crippen molar-refractivity contribution in [3.63, 3.8) is 0 Å². The van der Waals surface area contributed by atoms with Gasteiger partial charge in [0.15, 0.2) is 5.78 Å². The summed E-state index contributed by atoms with van der Waals surface area (Å²) in [6.07, 6.45) is 2.67. The molecule has 0 spiro atoms. The number of carbonyl (C=O) groups is 1. The van der Waals surface area contributed by atoms with Gasteiger partial charge in [-0.1, -0.05) is 48.5 Å². The number of ketones is 1. The highest BCUT2D eigenvalue weighted by Gasteiger charge is 2.37. The predicted molar refractivity (Wildman–Crippen MR) is 129 cm³/mol. The van der Waals surface area contributed by atoms with E-state index in [0.29, 0.717) is 6.54 Å². The molecule has 3 aromatic rings. The Morgan fingerprint density at radius 3 is 2.66 bits per heavy atom. The molecule has 4 unspecified atom stereocenters. The van der Waals surface area contributed by atoms with Crippen molar-refractivity contribution in [2.75, 3.05) is 6.54 Å². The summed E-state index contributed by atoms with van der Waals surface area (Å²) in [5, 5.41) is 14.3. The third kappa shape index (κ3) is 4.25. The first-order valence-corrected chi connectivity index (χ1v) is 12.3. The molecule has 32 heavy (non-hydrogen) atoms. The van der Waals surface area contributed by atoms with E-state index in [4.69, 9.17) is 4.74 Å². The molecule has 1 aromatic heterocycles. The van der Waals surface area contributed by atoms with Crippen LogP contribution in [-0.4, -0.2) is 35.7 Å². The van der Waals surface area contributed by atoms with E-state index in [2.05, 4.69) is 23.5 Å². The van der Waals surface area contributed by atoms with Crippen LogP contribution >= 0.6 is 11.3 Å². The lowest BCUT2D eigenvalue weighted by molar-refractivity contribution is 0.0438. The van der Waals surface area contributed by atoms with Gasteiger partial charge in [0.25, 0.3) is 0 Å². The number of aryl methyl sites for hydroxylation is 2. The van der Waals surface area contributed by atoms with Crippen molar-refractivity contribution < 1.29 is 14.6 Å². The lowest BCUT2D eigenvalue weighted by atomic mass is 9.86. The maximum atomic E-state index is 13.2. The normalized spacial score (nSPS) is 25.0. The van der Waals surface area contributed by atoms with E-state index in [0.717, 1.165) is 42.6 Å². The Kier molecular flexibility index (Phi) is 6.13. The van der Waals surface area contributed by atoms with Crippen molar-refractivity contribution in [1.82, 2.24) is 5.32 Å². The molecular formula is C27H29NO3S. The van der Waals surface area contributed by atoms with Gasteiger partial charge in [-0.15, -0.1) is 11.3 Å². The van der Waals surface area contributed by atoms with E-state index in [-0.39, 0.29) is 23.8 Å². The van der Waals surface area contributed by atoms with Crippen LogP contribution in [-0.2, 0) is 6.42 Å². The molecule has 0 radical (unpaired) electrons. The molecule has 2 aliphatic rings. The van der Waals surface area contributed by atoms with Gasteiger partial charge in [0, 0.05) is 33.8 Å². The number of para-hydroxylation sites is 1. The third-order valence-corrected chi connectivity index (χ3v) is 8.02. The number of carbonyl (C=O) groups excluding carboxylic acids is 1. The van der Waals surface area contributed by atoms with E-state index in [9.17, 15) is 9.90 Å². The first-order chi connectivity index (χ1) is 15.6. The monoisotopic (exact) mass is 447 g/mol. The lowest BCUT2D eigenvalue weighted by Crippen LogP contribution is -2.44. The van der Waals surface area contributed by atoms with Crippen molar-refractivity contribution in [2.45, 2.75) is 50.9 Å². The van der Waals surface area contributed by atoms with Crippen LogP contribution in [0.1, 0.15) is 40.1 Å². The van der Waals surface area contributed by atoms with Gasteiger partial charge in [-0.2, -0.15) is 0 Å². The first kappa shape index (κ1) is 21.4. The van der Waals surface area contributed by atoms with Crippen molar-refractivity contribution in [1.29, 1.82) is 0 Å². The summed E-state index contributed by atoms with van der Waals surface area (Å²) in [5.41, 5.74) is 3.13. The average molecular weight is 448 g/mol. The van der Waals surface area contributed by atoms with Gasteiger partial charge in [-0.3, -0.25) is 4.79 Å². The van der Waals surface area contributed by atoms with Crippen LogP contribution in [0, 0.1) is 12.8 Å². The molecule has 0 aliphatic heterocycles. The van der Waals surface area contributed by atoms with E-state index < -0.39 is 6.10 Å². The highest BCUT2D eigenvalue weighted by molar-refractivity contribution is 7.15. The third-order valence-electron chi connectivity index (χ3n) is 6.78.